The second kappa shape index (κ2) is 8.65. The van der Waals surface area contributed by atoms with Gasteiger partial charge in [0.15, 0.2) is 0 Å². The SMILES string of the molecule is CCCNc1cc(C(=O)N(CC)C(C)CC)cc(CC)n1. The van der Waals surface area contributed by atoms with E-state index in [0.717, 1.165) is 49.4 Å². The van der Waals surface area contributed by atoms with Crippen LogP contribution in [-0.2, 0) is 6.42 Å². The molecule has 21 heavy (non-hydrogen) atoms. The summed E-state index contributed by atoms with van der Waals surface area (Å²) < 4.78 is 0. The highest BCUT2D eigenvalue weighted by molar-refractivity contribution is 5.95. The van der Waals surface area contributed by atoms with Crippen LogP contribution in [0.3, 0.4) is 0 Å². The van der Waals surface area contributed by atoms with E-state index in [9.17, 15) is 4.79 Å². The van der Waals surface area contributed by atoms with E-state index in [1.54, 1.807) is 0 Å². The molecule has 1 aromatic heterocycles. The average Bonchev–Trinajstić information content (AvgIpc) is 2.52. The van der Waals surface area contributed by atoms with E-state index in [1.807, 2.05) is 24.0 Å². The van der Waals surface area contributed by atoms with Crippen molar-refractivity contribution in [1.29, 1.82) is 0 Å². The molecule has 4 nitrogen and oxygen atoms in total. The average molecular weight is 291 g/mol. The van der Waals surface area contributed by atoms with E-state index in [2.05, 4.69) is 38.0 Å². The number of aryl methyl sites for hydroxylation is 1. The van der Waals surface area contributed by atoms with Crippen LogP contribution in [0.5, 0.6) is 0 Å². The van der Waals surface area contributed by atoms with Crippen LogP contribution >= 0.6 is 0 Å². The lowest BCUT2D eigenvalue weighted by Gasteiger charge is -2.27. The van der Waals surface area contributed by atoms with E-state index >= 15 is 0 Å². The van der Waals surface area contributed by atoms with Crippen molar-refractivity contribution in [3.8, 4) is 0 Å². The number of rotatable bonds is 8. The highest BCUT2D eigenvalue weighted by Crippen LogP contribution is 2.16. The van der Waals surface area contributed by atoms with Gasteiger partial charge in [-0.2, -0.15) is 0 Å². The zero-order valence-electron chi connectivity index (χ0n) is 14.1. The summed E-state index contributed by atoms with van der Waals surface area (Å²) in [6.07, 6.45) is 2.83. The minimum absolute atomic E-state index is 0.100. The molecule has 0 radical (unpaired) electrons. The molecule has 1 unspecified atom stereocenters. The van der Waals surface area contributed by atoms with Crippen LogP contribution in [0.4, 0.5) is 5.82 Å². The van der Waals surface area contributed by atoms with Gasteiger partial charge in [-0.05, 0) is 45.2 Å². The fourth-order valence-electron chi connectivity index (χ4n) is 2.28. The van der Waals surface area contributed by atoms with Crippen molar-refractivity contribution in [2.45, 2.75) is 59.9 Å². The van der Waals surface area contributed by atoms with Crippen LogP contribution < -0.4 is 5.32 Å². The number of aromatic nitrogens is 1. The number of hydrogen-bond donors (Lipinski definition) is 1. The molecule has 0 bridgehead atoms. The molecule has 0 aliphatic heterocycles. The maximum Gasteiger partial charge on any atom is 0.254 e. The summed E-state index contributed by atoms with van der Waals surface area (Å²) in [6, 6.07) is 4.06. The first-order chi connectivity index (χ1) is 10.1. The molecule has 1 aromatic rings. The Kier molecular flexibility index (Phi) is 7.20. The summed E-state index contributed by atoms with van der Waals surface area (Å²) in [5.41, 5.74) is 1.70. The Bertz CT molecular complexity index is 459. The van der Waals surface area contributed by atoms with E-state index < -0.39 is 0 Å². The largest absolute Gasteiger partial charge is 0.370 e. The molecular formula is C17H29N3O. The zero-order chi connectivity index (χ0) is 15.8. The van der Waals surface area contributed by atoms with Crippen molar-refractivity contribution in [1.82, 2.24) is 9.88 Å². The predicted octanol–water partition coefficient (Wildman–Crippen LogP) is 3.73. The highest BCUT2D eigenvalue weighted by Gasteiger charge is 2.19. The van der Waals surface area contributed by atoms with Crippen molar-refractivity contribution in [2.24, 2.45) is 0 Å². The summed E-state index contributed by atoms with van der Waals surface area (Å²) in [5, 5.41) is 3.28. The molecule has 0 spiro atoms. The molecular weight excluding hydrogens is 262 g/mol. The van der Waals surface area contributed by atoms with Crippen LogP contribution in [0, 0.1) is 0 Å². The van der Waals surface area contributed by atoms with Crippen LogP contribution in [0.15, 0.2) is 12.1 Å². The van der Waals surface area contributed by atoms with Gasteiger partial charge in [0.2, 0.25) is 0 Å². The van der Waals surface area contributed by atoms with Gasteiger partial charge >= 0.3 is 0 Å². The summed E-state index contributed by atoms with van der Waals surface area (Å²) in [5.74, 6) is 0.906. The smallest absolute Gasteiger partial charge is 0.254 e. The molecule has 0 aliphatic carbocycles. The summed E-state index contributed by atoms with van der Waals surface area (Å²) >= 11 is 0. The Hall–Kier alpha value is -1.58. The molecule has 0 aliphatic rings. The maximum absolute atomic E-state index is 12.7. The van der Waals surface area contributed by atoms with Gasteiger partial charge < -0.3 is 10.2 Å². The van der Waals surface area contributed by atoms with E-state index in [0.29, 0.717) is 0 Å². The van der Waals surface area contributed by atoms with Gasteiger partial charge in [-0.25, -0.2) is 4.98 Å². The van der Waals surface area contributed by atoms with Gasteiger partial charge in [0, 0.05) is 30.4 Å². The Morgan fingerprint density at radius 2 is 2.00 bits per heavy atom. The number of amides is 1. The molecule has 1 rings (SSSR count). The van der Waals surface area contributed by atoms with Crippen LogP contribution in [0.25, 0.3) is 0 Å². The molecule has 1 atom stereocenters. The number of nitrogens with zero attached hydrogens (tertiary/aromatic N) is 2. The lowest BCUT2D eigenvalue weighted by atomic mass is 10.1. The lowest BCUT2D eigenvalue weighted by molar-refractivity contribution is 0.0700. The molecule has 0 fully saturated rings. The predicted molar refractivity (Wildman–Crippen MR) is 88.9 cm³/mol. The molecule has 4 heteroatoms. The molecule has 0 aromatic carbocycles. The van der Waals surface area contributed by atoms with Crippen molar-refractivity contribution in [2.75, 3.05) is 18.4 Å². The Morgan fingerprint density at radius 3 is 2.52 bits per heavy atom. The number of hydrogen-bond acceptors (Lipinski definition) is 3. The minimum atomic E-state index is 0.100. The lowest BCUT2D eigenvalue weighted by Crippen LogP contribution is -2.38. The van der Waals surface area contributed by atoms with Crippen LogP contribution in [0.1, 0.15) is 63.5 Å². The number of carbonyl (C=O) groups excluding carboxylic acids is 1. The monoisotopic (exact) mass is 291 g/mol. The topological polar surface area (TPSA) is 45.2 Å². The Balaban J connectivity index is 3.06. The van der Waals surface area contributed by atoms with Gasteiger partial charge in [0.05, 0.1) is 0 Å². The molecule has 118 valence electrons. The number of anilines is 1. The first-order valence-corrected chi connectivity index (χ1v) is 8.13. The van der Waals surface area contributed by atoms with Crippen LogP contribution in [-0.4, -0.2) is 34.9 Å². The third-order valence-electron chi connectivity index (χ3n) is 3.77. The molecule has 0 saturated heterocycles. The molecule has 1 N–H and O–H groups in total. The fraction of sp³-hybridized carbons (Fsp3) is 0.647. The number of nitrogens with one attached hydrogen (secondary N) is 1. The molecule has 1 heterocycles. The van der Waals surface area contributed by atoms with Crippen molar-refractivity contribution in [3.05, 3.63) is 23.4 Å². The van der Waals surface area contributed by atoms with Gasteiger partial charge in [0.25, 0.3) is 5.91 Å². The summed E-state index contributed by atoms with van der Waals surface area (Å²) in [7, 11) is 0. The molecule has 0 saturated carbocycles. The van der Waals surface area contributed by atoms with E-state index in [4.69, 9.17) is 0 Å². The standard InChI is InChI=1S/C17H29N3O/c1-6-10-18-16-12-14(11-15(8-3)19-16)17(21)20(9-4)13(5)7-2/h11-13H,6-10H2,1-5H3,(H,18,19). The van der Waals surface area contributed by atoms with Crippen molar-refractivity contribution < 1.29 is 4.79 Å². The van der Waals surface area contributed by atoms with E-state index in [1.165, 1.54) is 0 Å². The van der Waals surface area contributed by atoms with Crippen LogP contribution in [0.2, 0.25) is 0 Å². The zero-order valence-corrected chi connectivity index (χ0v) is 14.1. The normalized spacial score (nSPS) is 12.0. The second-order valence-electron chi connectivity index (χ2n) is 5.36. The molecule has 1 amide bonds. The third kappa shape index (κ3) is 4.73. The maximum atomic E-state index is 12.7. The van der Waals surface area contributed by atoms with E-state index in [-0.39, 0.29) is 11.9 Å². The van der Waals surface area contributed by atoms with Gasteiger partial charge in [-0.1, -0.05) is 20.8 Å². The fourth-order valence-corrected chi connectivity index (χ4v) is 2.28. The Morgan fingerprint density at radius 1 is 1.29 bits per heavy atom. The Labute approximate surface area is 129 Å². The van der Waals surface area contributed by atoms with Gasteiger partial charge in [-0.3, -0.25) is 4.79 Å². The first-order valence-electron chi connectivity index (χ1n) is 8.13. The summed E-state index contributed by atoms with van der Waals surface area (Å²) in [4.78, 5) is 19.2. The summed E-state index contributed by atoms with van der Waals surface area (Å²) in [6.45, 7) is 12.0. The van der Waals surface area contributed by atoms with Crippen molar-refractivity contribution in [3.63, 3.8) is 0 Å². The second-order valence-corrected chi connectivity index (χ2v) is 5.36. The minimum Gasteiger partial charge on any atom is -0.370 e. The van der Waals surface area contributed by atoms with Gasteiger partial charge in [0.1, 0.15) is 5.82 Å². The van der Waals surface area contributed by atoms with Gasteiger partial charge in [-0.15, -0.1) is 0 Å². The highest BCUT2D eigenvalue weighted by atomic mass is 16.2. The first kappa shape index (κ1) is 17.5. The number of carbonyl (C=O) groups is 1. The quantitative estimate of drug-likeness (QED) is 0.794. The van der Waals surface area contributed by atoms with Crippen molar-refractivity contribution >= 4 is 11.7 Å². The third-order valence-corrected chi connectivity index (χ3v) is 3.77. The number of pyridine rings is 1.